The fourth-order valence-electron chi connectivity index (χ4n) is 2.38. The Morgan fingerprint density at radius 1 is 1.56 bits per heavy atom. The van der Waals surface area contributed by atoms with Crippen LogP contribution in [-0.2, 0) is 17.8 Å². The van der Waals surface area contributed by atoms with Gasteiger partial charge in [-0.2, -0.15) is 0 Å². The summed E-state index contributed by atoms with van der Waals surface area (Å²) in [5.41, 5.74) is 6.30. The van der Waals surface area contributed by atoms with Gasteiger partial charge in [-0.25, -0.2) is 4.68 Å². The Bertz CT molecular complexity index is 403. The number of hydrogen-bond acceptors (Lipinski definition) is 4. The summed E-state index contributed by atoms with van der Waals surface area (Å²) in [6, 6.07) is 0.346. The van der Waals surface area contributed by atoms with Gasteiger partial charge < -0.3 is 10.6 Å². The van der Waals surface area contributed by atoms with Gasteiger partial charge in [-0.1, -0.05) is 5.21 Å². The molecule has 100 valence electrons. The number of carbonyl (C=O) groups is 1. The maximum atomic E-state index is 12.2. The second kappa shape index (κ2) is 5.95. The van der Waals surface area contributed by atoms with E-state index in [-0.39, 0.29) is 12.5 Å². The number of nitrogens with two attached hydrogens (primary N) is 1. The Balaban J connectivity index is 1.93. The van der Waals surface area contributed by atoms with Crippen molar-refractivity contribution in [3.63, 3.8) is 0 Å². The highest BCUT2D eigenvalue weighted by atomic mass is 16.2. The molecule has 0 radical (unpaired) electrons. The normalized spacial score (nSPS) is 20.1. The maximum Gasteiger partial charge on any atom is 0.244 e. The standard InChI is InChI=1S/C12H21N5O/c1-10-4-2-3-7-17(10)12(18)9-16-8-11(5-6-13)14-15-16/h8,10H,2-7,9,13H2,1H3. The van der Waals surface area contributed by atoms with Gasteiger partial charge in [-0.05, 0) is 32.7 Å². The number of nitrogens with zero attached hydrogens (tertiary/aromatic N) is 4. The third-order valence-electron chi connectivity index (χ3n) is 3.41. The summed E-state index contributed by atoms with van der Waals surface area (Å²) >= 11 is 0. The number of rotatable bonds is 4. The highest BCUT2D eigenvalue weighted by Gasteiger charge is 2.23. The van der Waals surface area contributed by atoms with Crippen molar-refractivity contribution in [1.29, 1.82) is 0 Å². The minimum absolute atomic E-state index is 0.131. The minimum atomic E-state index is 0.131. The predicted octanol–water partition coefficient (Wildman–Crippen LogP) is 0.180. The van der Waals surface area contributed by atoms with E-state index < -0.39 is 0 Å². The van der Waals surface area contributed by atoms with E-state index in [4.69, 9.17) is 5.73 Å². The van der Waals surface area contributed by atoms with Gasteiger partial charge >= 0.3 is 0 Å². The molecular formula is C12H21N5O. The molecule has 1 aliphatic rings. The lowest BCUT2D eigenvalue weighted by Crippen LogP contribution is -2.43. The van der Waals surface area contributed by atoms with Crippen LogP contribution in [0.3, 0.4) is 0 Å². The van der Waals surface area contributed by atoms with Crippen molar-refractivity contribution in [3.8, 4) is 0 Å². The van der Waals surface area contributed by atoms with Gasteiger partial charge in [0.2, 0.25) is 5.91 Å². The summed E-state index contributed by atoms with van der Waals surface area (Å²) in [5.74, 6) is 0.131. The minimum Gasteiger partial charge on any atom is -0.338 e. The molecule has 1 unspecified atom stereocenters. The van der Waals surface area contributed by atoms with Crippen LogP contribution in [0.4, 0.5) is 0 Å². The molecule has 2 N–H and O–H groups in total. The second-order valence-corrected chi connectivity index (χ2v) is 4.88. The maximum absolute atomic E-state index is 12.2. The molecule has 6 nitrogen and oxygen atoms in total. The van der Waals surface area contributed by atoms with Crippen molar-refractivity contribution in [2.45, 2.75) is 45.2 Å². The molecule has 18 heavy (non-hydrogen) atoms. The summed E-state index contributed by atoms with van der Waals surface area (Å²) in [6.07, 6.45) is 5.93. The molecule has 1 aliphatic heterocycles. The Kier molecular flexibility index (Phi) is 4.30. The molecule has 0 saturated carbocycles. The summed E-state index contributed by atoms with van der Waals surface area (Å²) in [4.78, 5) is 14.1. The third-order valence-corrected chi connectivity index (χ3v) is 3.41. The summed E-state index contributed by atoms with van der Waals surface area (Å²) in [7, 11) is 0. The van der Waals surface area contributed by atoms with E-state index in [9.17, 15) is 4.79 Å². The molecule has 1 aromatic rings. The Morgan fingerprint density at radius 2 is 2.39 bits per heavy atom. The van der Waals surface area contributed by atoms with Crippen molar-refractivity contribution in [1.82, 2.24) is 19.9 Å². The average molecular weight is 251 g/mol. The van der Waals surface area contributed by atoms with Gasteiger partial charge in [0, 0.05) is 25.2 Å². The first-order valence-electron chi connectivity index (χ1n) is 6.59. The van der Waals surface area contributed by atoms with Crippen molar-refractivity contribution in [2.75, 3.05) is 13.1 Å². The van der Waals surface area contributed by atoms with Gasteiger partial charge in [0.1, 0.15) is 6.54 Å². The smallest absolute Gasteiger partial charge is 0.244 e. The van der Waals surface area contributed by atoms with E-state index >= 15 is 0 Å². The van der Waals surface area contributed by atoms with Crippen molar-refractivity contribution in [2.24, 2.45) is 5.73 Å². The predicted molar refractivity (Wildman–Crippen MR) is 67.8 cm³/mol. The quantitative estimate of drug-likeness (QED) is 0.828. The first-order valence-corrected chi connectivity index (χ1v) is 6.59. The molecule has 1 amide bonds. The molecule has 0 aliphatic carbocycles. The summed E-state index contributed by atoms with van der Waals surface area (Å²) in [5, 5.41) is 7.94. The average Bonchev–Trinajstić information content (AvgIpc) is 2.77. The molecule has 0 spiro atoms. The van der Waals surface area contributed by atoms with Crippen molar-refractivity contribution in [3.05, 3.63) is 11.9 Å². The molecule has 2 heterocycles. The van der Waals surface area contributed by atoms with Gasteiger partial charge in [-0.15, -0.1) is 5.10 Å². The number of likely N-dealkylation sites (tertiary alicyclic amines) is 1. The summed E-state index contributed by atoms with van der Waals surface area (Å²) < 4.78 is 1.61. The topological polar surface area (TPSA) is 77.0 Å². The third kappa shape index (κ3) is 3.07. The molecule has 1 saturated heterocycles. The Morgan fingerprint density at radius 3 is 3.11 bits per heavy atom. The lowest BCUT2D eigenvalue weighted by atomic mass is 10.0. The highest BCUT2D eigenvalue weighted by molar-refractivity contribution is 5.76. The zero-order chi connectivity index (χ0) is 13.0. The lowest BCUT2D eigenvalue weighted by Gasteiger charge is -2.33. The first kappa shape index (κ1) is 13.0. The molecule has 6 heteroatoms. The number of carbonyl (C=O) groups excluding carboxylic acids is 1. The summed E-state index contributed by atoms with van der Waals surface area (Å²) in [6.45, 7) is 3.81. The molecule has 0 aromatic carbocycles. The van der Waals surface area contributed by atoms with Crippen LogP contribution >= 0.6 is 0 Å². The van der Waals surface area contributed by atoms with Crippen LogP contribution in [0.5, 0.6) is 0 Å². The fraction of sp³-hybridized carbons (Fsp3) is 0.750. The van der Waals surface area contributed by atoms with Crippen LogP contribution in [-0.4, -0.2) is 44.9 Å². The molecular weight excluding hydrogens is 230 g/mol. The van der Waals surface area contributed by atoms with Crippen molar-refractivity contribution < 1.29 is 4.79 Å². The highest BCUT2D eigenvalue weighted by Crippen LogP contribution is 2.16. The van der Waals surface area contributed by atoms with E-state index in [1.807, 2.05) is 4.90 Å². The zero-order valence-electron chi connectivity index (χ0n) is 10.9. The fourth-order valence-corrected chi connectivity index (χ4v) is 2.38. The van der Waals surface area contributed by atoms with Crippen LogP contribution in [0.25, 0.3) is 0 Å². The number of piperidine rings is 1. The van der Waals surface area contributed by atoms with Crippen LogP contribution in [0.2, 0.25) is 0 Å². The SMILES string of the molecule is CC1CCCCN1C(=O)Cn1cc(CCN)nn1. The van der Waals surface area contributed by atoms with Gasteiger partial charge in [-0.3, -0.25) is 4.79 Å². The van der Waals surface area contributed by atoms with Crippen LogP contribution in [0, 0.1) is 0 Å². The Labute approximate surface area is 107 Å². The largest absolute Gasteiger partial charge is 0.338 e. The van der Waals surface area contributed by atoms with Crippen LogP contribution in [0.1, 0.15) is 31.9 Å². The number of hydrogen-bond donors (Lipinski definition) is 1. The number of amides is 1. The number of aromatic nitrogens is 3. The van der Waals surface area contributed by atoms with E-state index in [0.717, 1.165) is 25.1 Å². The van der Waals surface area contributed by atoms with Gasteiger partial charge in [0.25, 0.3) is 0 Å². The second-order valence-electron chi connectivity index (χ2n) is 4.88. The van der Waals surface area contributed by atoms with Gasteiger partial charge in [0.15, 0.2) is 0 Å². The van der Waals surface area contributed by atoms with E-state index in [2.05, 4.69) is 17.2 Å². The van der Waals surface area contributed by atoms with Gasteiger partial charge in [0.05, 0.1) is 5.69 Å². The van der Waals surface area contributed by atoms with Crippen LogP contribution < -0.4 is 5.73 Å². The lowest BCUT2D eigenvalue weighted by molar-refractivity contribution is -0.135. The molecule has 0 bridgehead atoms. The molecule has 1 fully saturated rings. The first-order chi connectivity index (χ1) is 8.70. The van der Waals surface area contributed by atoms with E-state index in [1.165, 1.54) is 6.42 Å². The van der Waals surface area contributed by atoms with Crippen molar-refractivity contribution >= 4 is 5.91 Å². The monoisotopic (exact) mass is 251 g/mol. The molecule has 2 rings (SSSR count). The van der Waals surface area contributed by atoms with E-state index in [1.54, 1.807) is 10.9 Å². The molecule has 1 aromatic heterocycles. The van der Waals surface area contributed by atoms with Crippen LogP contribution in [0.15, 0.2) is 6.20 Å². The van der Waals surface area contributed by atoms with E-state index in [0.29, 0.717) is 19.0 Å². The molecule has 1 atom stereocenters. The zero-order valence-corrected chi connectivity index (χ0v) is 10.9. The Hall–Kier alpha value is -1.43.